The molecule has 0 aliphatic rings. The predicted molar refractivity (Wildman–Crippen MR) is 93.5 cm³/mol. The summed E-state index contributed by atoms with van der Waals surface area (Å²) in [5.74, 6) is 0.855. The van der Waals surface area contributed by atoms with Crippen LogP contribution in [0, 0.1) is 3.57 Å². The van der Waals surface area contributed by atoms with Crippen molar-refractivity contribution in [2.24, 2.45) is 0 Å². The number of aryl methyl sites for hydroxylation is 1. The van der Waals surface area contributed by atoms with Crippen LogP contribution >= 0.6 is 38.5 Å². The van der Waals surface area contributed by atoms with Gasteiger partial charge >= 0.3 is 0 Å². The van der Waals surface area contributed by atoms with Crippen LogP contribution in [-0.2, 0) is 19.4 Å². The summed E-state index contributed by atoms with van der Waals surface area (Å²) in [6.45, 7) is 5.12. The lowest BCUT2D eigenvalue weighted by molar-refractivity contribution is 0.412. The lowest BCUT2D eigenvalue weighted by Crippen LogP contribution is -2.06. The number of rotatable bonds is 5. The first kappa shape index (κ1) is 15.8. The fraction of sp³-hybridized carbons (Fsp3) is 0.400. The number of aromatic nitrogens is 2. The maximum Gasteiger partial charge on any atom is 0.133 e. The molecule has 0 saturated carbocycles. The Balaban J connectivity index is 2.32. The third-order valence-corrected chi connectivity index (χ3v) is 5.14. The van der Waals surface area contributed by atoms with Crippen molar-refractivity contribution < 1.29 is 4.74 Å². The van der Waals surface area contributed by atoms with Gasteiger partial charge in [0, 0.05) is 0 Å². The molecule has 0 N–H and O–H groups in total. The molecule has 0 fully saturated rings. The van der Waals surface area contributed by atoms with E-state index in [2.05, 4.69) is 69.2 Å². The zero-order chi connectivity index (χ0) is 14.7. The Morgan fingerprint density at radius 3 is 2.60 bits per heavy atom. The lowest BCUT2D eigenvalue weighted by atomic mass is 10.2. The molecule has 0 saturated heterocycles. The van der Waals surface area contributed by atoms with Gasteiger partial charge in [-0.2, -0.15) is 5.10 Å². The average Bonchev–Trinajstić information content (AvgIpc) is 2.74. The van der Waals surface area contributed by atoms with E-state index < -0.39 is 0 Å². The van der Waals surface area contributed by atoms with Crippen molar-refractivity contribution >= 4 is 38.5 Å². The Kier molecular flexibility index (Phi) is 5.49. The summed E-state index contributed by atoms with van der Waals surface area (Å²) in [5.41, 5.74) is 3.72. The molecule has 0 atom stereocenters. The van der Waals surface area contributed by atoms with Gasteiger partial charge in [-0.1, -0.05) is 19.9 Å². The standard InChI is InChI=1S/C15H18BrIN2O/c1-4-12-15(17)13(5-2)19(18-12)9-10-6-7-14(20-3)11(16)8-10/h6-8H,4-5,9H2,1-3H3. The Bertz CT molecular complexity index is 610. The predicted octanol–water partition coefficient (Wildman–Crippen LogP) is 4.43. The molecule has 108 valence electrons. The summed E-state index contributed by atoms with van der Waals surface area (Å²) in [6.07, 6.45) is 1.98. The van der Waals surface area contributed by atoms with E-state index in [1.165, 1.54) is 20.5 Å². The van der Waals surface area contributed by atoms with Crippen molar-refractivity contribution in [3.8, 4) is 5.75 Å². The largest absolute Gasteiger partial charge is 0.496 e. The second kappa shape index (κ2) is 6.93. The number of hydrogen-bond acceptors (Lipinski definition) is 2. The van der Waals surface area contributed by atoms with Crippen molar-refractivity contribution in [1.29, 1.82) is 0 Å². The van der Waals surface area contributed by atoms with E-state index in [0.717, 1.165) is 29.6 Å². The molecular formula is C15H18BrIN2O. The summed E-state index contributed by atoms with van der Waals surface area (Å²) in [7, 11) is 1.68. The molecule has 0 amide bonds. The second-order valence-electron chi connectivity index (χ2n) is 4.54. The smallest absolute Gasteiger partial charge is 0.133 e. The SMILES string of the molecule is CCc1nn(Cc2ccc(OC)c(Br)c2)c(CC)c1I. The van der Waals surface area contributed by atoms with E-state index in [4.69, 9.17) is 9.84 Å². The molecule has 0 bridgehead atoms. The number of hydrogen-bond donors (Lipinski definition) is 0. The number of nitrogens with zero attached hydrogens (tertiary/aromatic N) is 2. The van der Waals surface area contributed by atoms with Crippen molar-refractivity contribution in [3.63, 3.8) is 0 Å². The van der Waals surface area contributed by atoms with Crippen LogP contribution in [-0.4, -0.2) is 16.9 Å². The molecule has 5 heteroatoms. The van der Waals surface area contributed by atoms with Crippen molar-refractivity contribution in [3.05, 3.63) is 43.2 Å². The van der Waals surface area contributed by atoms with Gasteiger partial charge < -0.3 is 4.74 Å². The quantitative estimate of drug-likeness (QED) is 0.632. The molecule has 0 aliphatic carbocycles. The van der Waals surface area contributed by atoms with Crippen LogP contribution in [0.4, 0.5) is 0 Å². The first-order valence-corrected chi connectivity index (χ1v) is 8.54. The van der Waals surface area contributed by atoms with Gasteiger partial charge in [0.2, 0.25) is 0 Å². The molecule has 2 aromatic rings. The van der Waals surface area contributed by atoms with Crippen LogP contribution < -0.4 is 4.74 Å². The second-order valence-corrected chi connectivity index (χ2v) is 6.47. The highest BCUT2D eigenvalue weighted by Gasteiger charge is 2.13. The highest BCUT2D eigenvalue weighted by molar-refractivity contribution is 14.1. The van der Waals surface area contributed by atoms with Gasteiger partial charge in [0.25, 0.3) is 0 Å². The van der Waals surface area contributed by atoms with Gasteiger partial charge in [-0.05, 0) is 69.1 Å². The van der Waals surface area contributed by atoms with Gasteiger partial charge in [-0.3, -0.25) is 4.68 Å². The third-order valence-electron chi connectivity index (χ3n) is 3.28. The van der Waals surface area contributed by atoms with E-state index in [1.54, 1.807) is 7.11 Å². The molecule has 2 rings (SSSR count). The normalized spacial score (nSPS) is 10.8. The molecule has 0 unspecified atom stereocenters. The molecule has 1 aromatic carbocycles. The van der Waals surface area contributed by atoms with E-state index in [-0.39, 0.29) is 0 Å². The van der Waals surface area contributed by atoms with E-state index in [0.29, 0.717) is 0 Å². The molecule has 0 spiro atoms. The van der Waals surface area contributed by atoms with Crippen molar-refractivity contribution in [2.45, 2.75) is 33.2 Å². The highest BCUT2D eigenvalue weighted by atomic mass is 127. The Labute approximate surface area is 142 Å². The van der Waals surface area contributed by atoms with E-state index in [1.807, 2.05) is 6.07 Å². The molecule has 1 aromatic heterocycles. The minimum Gasteiger partial charge on any atom is -0.496 e. The van der Waals surface area contributed by atoms with Gasteiger partial charge in [0.15, 0.2) is 0 Å². The molecule has 0 radical (unpaired) electrons. The monoisotopic (exact) mass is 448 g/mol. The van der Waals surface area contributed by atoms with E-state index >= 15 is 0 Å². The van der Waals surface area contributed by atoms with Gasteiger partial charge in [-0.25, -0.2) is 0 Å². The first-order valence-electron chi connectivity index (χ1n) is 6.67. The topological polar surface area (TPSA) is 27.1 Å². The van der Waals surface area contributed by atoms with E-state index in [9.17, 15) is 0 Å². The third kappa shape index (κ3) is 3.19. The summed E-state index contributed by atoms with van der Waals surface area (Å²) in [6, 6.07) is 6.17. The maximum atomic E-state index is 5.27. The Morgan fingerprint density at radius 1 is 1.30 bits per heavy atom. The van der Waals surface area contributed by atoms with Crippen LogP contribution in [0.15, 0.2) is 22.7 Å². The highest BCUT2D eigenvalue weighted by Crippen LogP contribution is 2.26. The number of halogens is 2. The van der Waals surface area contributed by atoms with Crippen molar-refractivity contribution in [2.75, 3.05) is 7.11 Å². The van der Waals surface area contributed by atoms with Gasteiger partial charge in [0.05, 0.1) is 33.1 Å². The van der Waals surface area contributed by atoms with Crippen LogP contribution in [0.2, 0.25) is 0 Å². The number of benzene rings is 1. The summed E-state index contributed by atoms with van der Waals surface area (Å²) < 4.78 is 9.67. The molecule has 20 heavy (non-hydrogen) atoms. The molecular weight excluding hydrogens is 431 g/mol. The summed E-state index contributed by atoms with van der Waals surface area (Å²) >= 11 is 5.94. The number of methoxy groups -OCH3 is 1. The van der Waals surface area contributed by atoms with Crippen LogP contribution in [0.1, 0.15) is 30.8 Å². The molecule has 0 aliphatic heterocycles. The molecule has 3 nitrogen and oxygen atoms in total. The fourth-order valence-corrected chi connectivity index (χ4v) is 3.94. The van der Waals surface area contributed by atoms with Gasteiger partial charge in [-0.15, -0.1) is 0 Å². The first-order chi connectivity index (χ1) is 9.60. The van der Waals surface area contributed by atoms with Gasteiger partial charge in [0.1, 0.15) is 5.75 Å². The zero-order valence-electron chi connectivity index (χ0n) is 11.9. The Morgan fingerprint density at radius 2 is 2.05 bits per heavy atom. The van der Waals surface area contributed by atoms with Crippen LogP contribution in [0.3, 0.4) is 0 Å². The van der Waals surface area contributed by atoms with Crippen LogP contribution in [0.25, 0.3) is 0 Å². The average molecular weight is 449 g/mol. The van der Waals surface area contributed by atoms with Crippen molar-refractivity contribution in [1.82, 2.24) is 9.78 Å². The number of ether oxygens (including phenoxy) is 1. The lowest BCUT2D eigenvalue weighted by Gasteiger charge is -2.09. The van der Waals surface area contributed by atoms with Crippen LogP contribution in [0.5, 0.6) is 5.75 Å². The fourth-order valence-electron chi connectivity index (χ4n) is 2.21. The summed E-state index contributed by atoms with van der Waals surface area (Å²) in [4.78, 5) is 0. The minimum absolute atomic E-state index is 0.793. The maximum absolute atomic E-state index is 5.27. The summed E-state index contributed by atoms with van der Waals surface area (Å²) in [5, 5.41) is 4.73. The molecule has 1 heterocycles. The Hall–Kier alpha value is -0.560. The zero-order valence-corrected chi connectivity index (χ0v) is 15.7. The minimum atomic E-state index is 0.793.